The van der Waals surface area contributed by atoms with Gasteiger partial charge in [0.25, 0.3) is 11.5 Å². The monoisotopic (exact) mass is 209 g/mol. The zero-order valence-corrected chi connectivity index (χ0v) is 8.03. The van der Waals surface area contributed by atoms with E-state index in [0.717, 1.165) is 23.6 Å². The number of carbonyl (C=O) groups is 1. The molecule has 80 valence electrons. The highest BCUT2D eigenvalue weighted by Gasteiger charge is 2.24. The molecule has 0 spiro atoms. The molecule has 1 heterocycles. The zero-order valence-electron chi connectivity index (χ0n) is 8.03. The predicted octanol–water partition coefficient (Wildman–Crippen LogP) is -0.955. The van der Waals surface area contributed by atoms with Crippen LogP contribution in [0.25, 0.3) is 0 Å². The van der Waals surface area contributed by atoms with Crippen molar-refractivity contribution in [2.45, 2.75) is 19.4 Å². The first-order valence-corrected chi connectivity index (χ1v) is 4.72. The molecule has 1 aliphatic carbocycles. The number of hydrogen-bond donors (Lipinski definition) is 2. The van der Waals surface area contributed by atoms with Crippen LogP contribution in [0.3, 0.4) is 0 Å². The van der Waals surface area contributed by atoms with E-state index in [2.05, 4.69) is 4.98 Å². The second-order valence-corrected chi connectivity index (χ2v) is 3.73. The van der Waals surface area contributed by atoms with Gasteiger partial charge in [-0.2, -0.15) is 0 Å². The average Bonchev–Trinajstić information content (AvgIpc) is 2.95. The summed E-state index contributed by atoms with van der Waals surface area (Å²) in [5.74, 6) is -0.437. The van der Waals surface area contributed by atoms with Gasteiger partial charge < -0.3 is 10.7 Å². The predicted molar refractivity (Wildman–Crippen MR) is 52.6 cm³/mol. The number of carbonyl (C=O) groups excluding carboxylic acids is 1. The topological polar surface area (TPSA) is 97.9 Å². The molecule has 0 aliphatic heterocycles. The molecule has 1 saturated carbocycles. The minimum Gasteiger partial charge on any atom is -0.365 e. The summed E-state index contributed by atoms with van der Waals surface area (Å²) in [6.07, 6.45) is 3.11. The lowest BCUT2D eigenvalue weighted by molar-refractivity contribution is 0.0997. The summed E-state index contributed by atoms with van der Waals surface area (Å²) < 4.78 is 1.04. The maximum atomic E-state index is 11.6. The van der Waals surface area contributed by atoms with Crippen molar-refractivity contribution in [3.05, 3.63) is 32.6 Å². The largest absolute Gasteiger partial charge is 0.365 e. The van der Waals surface area contributed by atoms with Crippen molar-refractivity contribution in [2.24, 2.45) is 11.7 Å². The molecule has 1 aromatic rings. The van der Waals surface area contributed by atoms with Crippen molar-refractivity contribution >= 4 is 5.91 Å². The van der Waals surface area contributed by atoms with Crippen molar-refractivity contribution < 1.29 is 4.79 Å². The van der Waals surface area contributed by atoms with Gasteiger partial charge in [0.15, 0.2) is 0 Å². The fourth-order valence-electron chi connectivity index (χ4n) is 1.41. The lowest BCUT2D eigenvalue weighted by Crippen LogP contribution is -2.39. The molecule has 0 radical (unpaired) electrons. The van der Waals surface area contributed by atoms with Crippen LogP contribution in [0, 0.1) is 5.92 Å². The van der Waals surface area contributed by atoms with Crippen LogP contribution in [-0.2, 0) is 6.54 Å². The van der Waals surface area contributed by atoms with E-state index in [1.165, 1.54) is 0 Å². The number of H-pyrrole nitrogens is 1. The number of nitrogens with zero attached hydrogens (tertiary/aromatic N) is 1. The number of hydrogen-bond acceptors (Lipinski definition) is 3. The Kier molecular flexibility index (Phi) is 2.18. The molecule has 1 fully saturated rings. The lowest BCUT2D eigenvalue weighted by Gasteiger charge is -2.03. The van der Waals surface area contributed by atoms with E-state index in [-0.39, 0.29) is 5.56 Å². The van der Waals surface area contributed by atoms with Gasteiger partial charge >= 0.3 is 5.69 Å². The third-order valence-corrected chi connectivity index (χ3v) is 2.46. The molecule has 0 saturated heterocycles. The minimum atomic E-state index is -0.819. The van der Waals surface area contributed by atoms with Crippen LogP contribution in [0.15, 0.2) is 15.8 Å². The van der Waals surface area contributed by atoms with Gasteiger partial charge in [-0.1, -0.05) is 0 Å². The first-order valence-electron chi connectivity index (χ1n) is 4.72. The Morgan fingerprint density at radius 1 is 1.53 bits per heavy atom. The molecular formula is C9H11N3O3. The maximum Gasteiger partial charge on any atom is 0.328 e. The van der Waals surface area contributed by atoms with Crippen LogP contribution >= 0.6 is 0 Å². The Morgan fingerprint density at radius 2 is 2.20 bits per heavy atom. The number of aromatic nitrogens is 2. The molecule has 1 amide bonds. The van der Waals surface area contributed by atoms with Gasteiger partial charge in [-0.25, -0.2) is 4.79 Å². The van der Waals surface area contributed by atoms with Gasteiger partial charge in [0.05, 0.1) is 0 Å². The van der Waals surface area contributed by atoms with E-state index >= 15 is 0 Å². The Labute approximate surface area is 84.7 Å². The van der Waals surface area contributed by atoms with Crippen molar-refractivity contribution in [2.75, 3.05) is 0 Å². The Balaban J connectivity index is 2.50. The summed E-state index contributed by atoms with van der Waals surface area (Å²) in [6, 6.07) is 0. The number of primary amides is 1. The molecule has 1 aromatic heterocycles. The van der Waals surface area contributed by atoms with Crippen LogP contribution in [-0.4, -0.2) is 15.5 Å². The third kappa shape index (κ3) is 1.83. The summed E-state index contributed by atoms with van der Waals surface area (Å²) in [5, 5.41) is 0. The standard InChI is InChI=1S/C9H11N3O3/c10-7(13)6-3-11-9(15)12(8(6)14)4-5-1-2-5/h3,5H,1-2,4H2,(H2,10,13)(H,11,15). The second-order valence-electron chi connectivity index (χ2n) is 3.73. The van der Waals surface area contributed by atoms with Gasteiger partial charge in [-0.3, -0.25) is 14.2 Å². The summed E-state index contributed by atoms with van der Waals surface area (Å²) in [7, 11) is 0. The Hall–Kier alpha value is -1.85. The van der Waals surface area contributed by atoms with E-state index in [9.17, 15) is 14.4 Å². The quantitative estimate of drug-likeness (QED) is 0.671. The first kappa shape index (κ1) is 9.70. The third-order valence-electron chi connectivity index (χ3n) is 2.46. The highest BCUT2D eigenvalue weighted by atomic mass is 16.2. The van der Waals surface area contributed by atoms with E-state index < -0.39 is 17.2 Å². The molecule has 6 heteroatoms. The molecule has 3 N–H and O–H groups in total. The SMILES string of the molecule is NC(=O)c1c[nH]c(=O)n(CC2CC2)c1=O. The summed E-state index contributed by atoms with van der Waals surface area (Å²) in [5.41, 5.74) is 3.75. The van der Waals surface area contributed by atoms with Crippen molar-refractivity contribution in [1.29, 1.82) is 0 Å². The second kappa shape index (κ2) is 3.38. The van der Waals surface area contributed by atoms with E-state index in [0.29, 0.717) is 12.5 Å². The molecule has 2 rings (SSSR count). The molecule has 15 heavy (non-hydrogen) atoms. The average molecular weight is 209 g/mol. The molecule has 6 nitrogen and oxygen atoms in total. The summed E-state index contributed by atoms with van der Waals surface area (Å²) in [6.45, 7) is 0.370. The number of amides is 1. The number of aromatic amines is 1. The Morgan fingerprint density at radius 3 is 2.73 bits per heavy atom. The number of nitrogens with one attached hydrogen (secondary N) is 1. The van der Waals surface area contributed by atoms with Crippen molar-refractivity contribution in [1.82, 2.24) is 9.55 Å². The van der Waals surface area contributed by atoms with Gasteiger partial charge in [-0.05, 0) is 18.8 Å². The molecule has 0 unspecified atom stereocenters. The maximum absolute atomic E-state index is 11.6. The normalized spacial score (nSPS) is 15.2. The summed E-state index contributed by atoms with van der Waals surface area (Å²) in [4.78, 5) is 36.2. The van der Waals surface area contributed by atoms with E-state index in [1.54, 1.807) is 0 Å². The smallest absolute Gasteiger partial charge is 0.328 e. The molecule has 0 aromatic carbocycles. The van der Waals surface area contributed by atoms with Crippen LogP contribution in [0.5, 0.6) is 0 Å². The fourth-order valence-corrected chi connectivity index (χ4v) is 1.41. The fraction of sp³-hybridized carbons (Fsp3) is 0.444. The first-order chi connectivity index (χ1) is 7.09. The number of nitrogens with two attached hydrogens (primary N) is 1. The van der Waals surface area contributed by atoms with Crippen LogP contribution in [0.1, 0.15) is 23.2 Å². The molecule has 0 atom stereocenters. The van der Waals surface area contributed by atoms with Crippen molar-refractivity contribution in [3.63, 3.8) is 0 Å². The van der Waals surface area contributed by atoms with Crippen molar-refractivity contribution in [3.8, 4) is 0 Å². The lowest BCUT2D eigenvalue weighted by atomic mass is 10.3. The van der Waals surface area contributed by atoms with Crippen LogP contribution in [0.2, 0.25) is 0 Å². The van der Waals surface area contributed by atoms with Gasteiger partial charge in [-0.15, -0.1) is 0 Å². The van der Waals surface area contributed by atoms with E-state index in [4.69, 9.17) is 5.73 Å². The zero-order chi connectivity index (χ0) is 11.0. The number of rotatable bonds is 3. The highest BCUT2D eigenvalue weighted by Crippen LogP contribution is 2.29. The molecule has 1 aliphatic rings. The molecule has 0 bridgehead atoms. The van der Waals surface area contributed by atoms with Crippen LogP contribution in [0.4, 0.5) is 0 Å². The van der Waals surface area contributed by atoms with Crippen LogP contribution < -0.4 is 17.0 Å². The van der Waals surface area contributed by atoms with Gasteiger partial charge in [0.1, 0.15) is 5.56 Å². The summed E-state index contributed by atoms with van der Waals surface area (Å²) >= 11 is 0. The highest BCUT2D eigenvalue weighted by molar-refractivity contribution is 5.91. The minimum absolute atomic E-state index is 0.171. The Bertz CT molecular complexity index is 510. The molecular weight excluding hydrogens is 198 g/mol. The van der Waals surface area contributed by atoms with E-state index in [1.807, 2.05) is 0 Å². The van der Waals surface area contributed by atoms with Gasteiger partial charge in [0, 0.05) is 12.7 Å². The van der Waals surface area contributed by atoms with Gasteiger partial charge in [0.2, 0.25) is 0 Å².